The summed E-state index contributed by atoms with van der Waals surface area (Å²) >= 11 is 0. The lowest BCUT2D eigenvalue weighted by Gasteiger charge is -2.07. The van der Waals surface area contributed by atoms with E-state index in [9.17, 15) is 9.59 Å². The lowest BCUT2D eigenvalue weighted by atomic mass is 10.0. The zero-order valence-corrected chi connectivity index (χ0v) is 17.7. The maximum Gasteiger partial charge on any atom is 0.233 e. The van der Waals surface area contributed by atoms with E-state index in [-0.39, 0.29) is 0 Å². The van der Waals surface area contributed by atoms with E-state index < -0.39 is 11.6 Å². The van der Waals surface area contributed by atoms with Crippen molar-refractivity contribution < 1.29 is 14.3 Å². The van der Waals surface area contributed by atoms with Crippen molar-refractivity contribution in [3.05, 3.63) is 65.7 Å². The van der Waals surface area contributed by atoms with Crippen LogP contribution in [0.15, 0.2) is 54.6 Å². The summed E-state index contributed by atoms with van der Waals surface area (Å²) in [7, 11) is 0. The van der Waals surface area contributed by atoms with Gasteiger partial charge in [-0.2, -0.15) is 0 Å². The molecule has 0 unspecified atom stereocenters. The second-order valence-corrected chi connectivity index (χ2v) is 7.58. The van der Waals surface area contributed by atoms with Crippen molar-refractivity contribution in [2.24, 2.45) is 0 Å². The third-order valence-electron chi connectivity index (χ3n) is 5.13. The quantitative estimate of drug-likeness (QED) is 0.185. The number of carbonyl (C=O) groups excluding carboxylic acids is 2. The molecule has 0 aliphatic carbocycles. The molecule has 0 amide bonds. The number of carbonyl (C=O) groups is 2. The molecule has 0 saturated heterocycles. The number of unbranched alkanes of at least 4 members (excludes halogenated alkanes) is 9. The van der Waals surface area contributed by atoms with Crippen LogP contribution in [0.3, 0.4) is 0 Å². The van der Waals surface area contributed by atoms with Crippen molar-refractivity contribution in [2.45, 2.75) is 71.1 Å². The van der Waals surface area contributed by atoms with E-state index in [1.807, 2.05) is 6.07 Å². The minimum Gasteiger partial charge on any atom is -0.494 e. The van der Waals surface area contributed by atoms with Crippen LogP contribution in [0.5, 0.6) is 5.75 Å². The summed E-state index contributed by atoms with van der Waals surface area (Å²) in [5, 5.41) is 0. The Kier molecular flexibility index (Phi) is 10.8. The predicted octanol–water partition coefficient (Wildman–Crippen LogP) is 7.05. The summed E-state index contributed by atoms with van der Waals surface area (Å²) in [5.74, 6) is -0.230. The van der Waals surface area contributed by atoms with Gasteiger partial charge in [0, 0.05) is 11.1 Å². The molecule has 2 rings (SSSR count). The van der Waals surface area contributed by atoms with Gasteiger partial charge in [-0.05, 0) is 30.7 Å². The topological polar surface area (TPSA) is 43.4 Å². The average Bonchev–Trinajstić information content (AvgIpc) is 2.77. The van der Waals surface area contributed by atoms with Crippen molar-refractivity contribution >= 4 is 11.6 Å². The molecule has 0 aliphatic heterocycles. The highest BCUT2D eigenvalue weighted by molar-refractivity contribution is 6.49. The van der Waals surface area contributed by atoms with Gasteiger partial charge in [0.15, 0.2) is 0 Å². The predicted molar refractivity (Wildman–Crippen MR) is 119 cm³/mol. The molecule has 2 aromatic rings. The smallest absolute Gasteiger partial charge is 0.233 e. The molecule has 0 aromatic heterocycles. The van der Waals surface area contributed by atoms with Crippen LogP contribution in [0.1, 0.15) is 91.8 Å². The maximum absolute atomic E-state index is 12.3. The van der Waals surface area contributed by atoms with Gasteiger partial charge in [0.2, 0.25) is 11.6 Å². The molecule has 0 atom stereocenters. The van der Waals surface area contributed by atoms with E-state index >= 15 is 0 Å². The van der Waals surface area contributed by atoms with Crippen LogP contribution in [-0.2, 0) is 0 Å². The van der Waals surface area contributed by atoms with E-state index in [2.05, 4.69) is 6.92 Å². The molecule has 0 saturated carbocycles. The van der Waals surface area contributed by atoms with Crippen LogP contribution < -0.4 is 4.74 Å². The van der Waals surface area contributed by atoms with E-state index in [0.29, 0.717) is 17.7 Å². The second-order valence-electron chi connectivity index (χ2n) is 7.58. The van der Waals surface area contributed by atoms with Gasteiger partial charge < -0.3 is 4.74 Å². The molecule has 0 heterocycles. The minimum absolute atomic E-state index is 0.394. The molecule has 0 radical (unpaired) electrons. The molecule has 0 N–H and O–H groups in total. The fraction of sp³-hybridized carbons (Fsp3) is 0.462. The molecule has 3 nitrogen and oxygen atoms in total. The lowest BCUT2D eigenvalue weighted by Crippen LogP contribution is -2.14. The first kappa shape index (κ1) is 22.9. The largest absolute Gasteiger partial charge is 0.494 e. The SMILES string of the molecule is CCCCCCCCCCCCOc1ccc(C(=O)C(=O)c2ccccc2)cc1. The van der Waals surface area contributed by atoms with Crippen molar-refractivity contribution in [3.63, 3.8) is 0 Å². The second kappa shape index (κ2) is 13.7. The summed E-state index contributed by atoms with van der Waals surface area (Å²) in [5.41, 5.74) is 0.809. The van der Waals surface area contributed by atoms with E-state index in [1.54, 1.807) is 48.5 Å². The Labute approximate surface area is 175 Å². The zero-order chi connectivity index (χ0) is 20.7. The summed E-state index contributed by atoms with van der Waals surface area (Å²) in [6.07, 6.45) is 13.0. The highest BCUT2D eigenvalue weighted by atomic mass is 16.5. The van der Waals surface area contributed by atoms with Crippen molar-refractivity contribution in [1.29, 1.82) is 0 Å². The highest BCUT2D eigenvalue weighted by Crippen LogP contribution is 2.16. The molecule has 0 bridgehead atoms. The lowest BCUT2D eigenvalue weighted by molar-refractivity contribution is 0.0817. The molecule has 3 heteroatoms. The van der Waals surface area contributed by atoms with Crippen LogP contribution in [0.4, 0.5) is 0 Å². The van der Waals surface area contributed by atoms with Crippen LogP contribution >= 0.6 is 0 Å². The highest BCUT2D eigenvalue weighted by Gasteiger charge is 2.17. The van der Waals surface area contributed by atoms with Crippen LogP contribution in [0.2, 0.25) is 0 Å². The number of rotatable bonds is 15. The average molecular weight is 395 g/mol. The normalized spacial score (nSPS) is 10.7. The van der Waals surface area contributed by atoms with Gasteiger partial charge in [-0.25, -0.2) is 0 Å². The fourth-order valence-corrected chi connectivity index (χ4v) is 3.33. The van der Waals surface area contributed by atoms with Crippen LogP contribution in [0, 0.1) is 0 Å². The van der Waals surface area contributed by atoms with Gasteiger partial charge >= 0.3 is 0 Å². The van der Waals surface area contributed by atoms with Crippen molar-refractivity contribution in [1.82, 2.24) is 0 Å². The number of hydrogen-bond acceptors (Lipinski definition) is 3. The van der Waals surface area contributed by atoms with Gasteiger partial charge in [-0.15, -0.1) is 0 Å². The zero-order valence-electron chi connectivity index (χ0n) is 17.7. The Bertz CT molecular complexity index is 719. The standard InChI is InChI=1S/C26H34O3/c1-2-3-4-5-6-7-8-9-10-14-21-29-24-19-17-23(18-20-24)26(28)25(27)22-15-12-11-13-16-22/h11-13,15-20H,2-10,14,21H2,1H3. The minimum atomic E-state index is -0.488. The number of Topliss-reactive ketones (excluding diaryl/α,β-unsaturated/α-hetero) is 2. The first-order valence-electron chi connectivity index (χ1n) is 11.1. The molecule has 0 aliphatic rings. The van der Waals surface area contributed by atoms with E-state index in [0.717, 1.165) is 12.2 Å². The van der Waals surface area contributed by atoms with Crippen LogP contribution in [0.25, 0.3) is 0 Å². The van der Waals surface area contributed by atoms with E-state index in [4.69, 9.17) is 4.74 Å². The Morgan fingerprint density at radius 3 is 1.66 bits per heavy atom. The first-order valence-corrected chi connectivity index (χ1v) is 11.1. The molecule has 2 aromatic carbocycles. The molecule has 0 spiro atoms. The third-order valence-corrected chi connectivity index (χ3v) is 5.13. The Balaban J connectivity index is 1.61. The van der Waals surface area contributed by atoms with Gasteiger partial charge in [0.25, 0.3) is 0 Å². The number of benzene rings is 2. The first-order chi connectivity index (χ1) is 14.2. The van der Waals surface area contributed by atoms with Gasteiger partial charge in [-0.1, -0.05) is 95.0 Å². The molecular formula is C26H34O3. The third kappa shape index (κ3) is 8.64. The summed E-state index contributed by atoms with van der Waals surface area (Å²) < 4.78 is 5.76. The molecular weight excluding hydrogens is 360 g/mol. The van der Waals surface area contributed by atoms with Gasteiger partial charge in [0.05, 0.1) is 6.61 Å². The summed E-state index contributed by atoms with van der Waals surface area (Å²) in [6.45, 7) is 2.94. The fourth-order valence-electron chi connectivity index (χ4n) is 3.33. The van der Waals surface area contributed by atoms with Gasteiger partial charge in [-0.3, -0.25) is 9.59 Å². The number of ketones is 2. The molecule has 156 valence electrons. The Morgan fingerprint density at radius 2 is 1.10 bits per heavy atom. The summed E-state index contributed by atoms with van der Waals surface area (Å²) in [6, 6.07) is 15.5. The van der Waals surface area contributed by atoms with Crippen LogP contribution in [-0.4, -0.2) is 18.2 Å². The monoisotopic (exact) mass is 394 g/mol. The molecule has 0 fully saturated rings. The molecule has 29 heavy (non-hydrogen) atoms. The van der Waals surface area contributed by atoms with Crippen molar-refractivity contribution in [3.8, 4) is 5.75 Å². The van der Waals surface area contributed by atoms with Crippen molar-refractivity contribution in [2.75, 3.05) is 6.61 Å². The van der Waals surface area contributed by atoms with E-state index in [1.165, 1.54) is 57.8 Å². The Hall–Kier alpha value is -2.42. The number of ether oxygens (including phenoxy) is 1. The Morgan fingerprint density at radius 1 is 0.621 bits per heavy atom. The summed E-state index contributed by atoms with van der Waals surface area (Å²) in [4.78, 5) is 24.6. The number of hydrogen-bond donors (Lipinski definition) is 0. The maximum atomic E-state index is 12.3. The van der Waals surface area contributed by atoms with Gasteiger partial charge in [0.1, 0.15) is 5.75 Å².